The molecule has 0 radical (unpaired) electrons. The van der Waals surface area contributed by atoms with Gasteiger partial charge in [0.2, 0.25) is 0 Å². The number of hydrogen-bond donors (Lipinski definition) is 2. The lowest BCUT2D eigenvalue weighted by molar-refractivity contribution is 0.186. The Morgan fingerprint density at radius 3 is 1.13 bits per heavy atom. The fourth-order valence-corrected chi connectivity index (χ4v) is 2.30. The van der Waals surface area contributed by atoms with E-state index in [1.807, 2.05) is 0 Å². The van der Waals surface area contributed by atoms with Crippen LogP contribution in [0.2, 0.25) is 39.3 Å². The Balaban J connectivity index is 0. The van der Waals surface area contributed by atoms with E-state index in [-0.39, 0.29) is 13.2 Å². The highest BCUT2D eigenvalue weighted by atomic mass is 28.3. The third-order valence-corrected chi connectivity index (χ3v) is 3.31. The van der Waals surface area contributed by atoms with E-state index in [1.165, 1.54) is 0 Å². The molecule has 0 heterocycles. The van der Waals surface area contributed by atoms with Crippen molar-refractivity contribution in [3.63, 3.8) is 0 Å². The quantitative estimate of drug-likeness (QED) is 0.733. The van der Waals surface area contributed by atoms with E-state index in [1.54, 1.807) is 0 Å². The summed E-state index contributed by atoms with van der Waals surface area (Å²) in [5.41, 5.74) is 0. The Morgan fingerprint density at radius 2 is 1.00 bits per heavy atom. The average molecular weight is 253 g/mol. The normalized spacial score (nSPS) is 12.0. The number of hydrogen-bond acceptors (Lipinski definition) is 3. The predicted octanol–water partition coefficient (Wildman–Crippen LogP) is 1.73. The van der Waals surface area contributed by atoms with Crippen molar-refractivity contribution >= 4 is 16.1 Å². The summed E-state index contributed by atoms with van der Waals surface area (Å²) in [5, 5.41) is 15.2. The molecule has 0 fully saturated rings. The molecule has 0 aromatic carbocycles. The first-order chi connectivity index (χ1) is 6.62. The molecule has 0 rings (SSSR count). The Labute approximate surface area is 96.5 Å². The fourth-order valence-electron chi connectivity index (χ4n) is 0.663. The minimum Gasteiger partial charge on any atom is -0.394 e. The van der Waals surface area contributed by atoms with Gasteiger partial charge < -0.3 is 14.9 Å². The van der Waals surface area contributed by atoms with Crippen molar-refractivity contribution in [1.82, 2.24) is 0 Å². The van der Waals surface area contributed by atoms with Crippen molar-refractivity contribution in [2.24, 2.45) is 0 Å². The van der Waals surface area contributed by atoms with E-state index in [4.69, 9.17) is 14.9 Å². The van der Waals surface area contributed by atoms with Crippen LogP contribution in [-0.2, 0) is 4.74 Å². The molecule has 0 saturated heterocycles. The Morgan fingerprint density at radius 1 is 0.733 bits per heavy atom. The van der Waals surface area contributed by atoms with E-state index >= 15 is 0 Å². The van der Waals surface area contributed by atoms with Crippen molar-refractivity contribution in [1.29, 1.82) is 0 Å². The van der Waals surface area contributed by atoms with Gasteiger partial charge in [0.25, 0.3) is 0 Å². The van der Waals surface area contributed by atoms with E-state index in [0.717, 1.165) is 12.5 Å². The van der Waals surface area contributed by atoms with Crippen LogP contribution in [0.1, 0.15) is 0 Å². The van der Waals surface area contributed by atoms with Gasteiger partial charge in [-0.3, -0.25) is 0 Å². The molecule has 94 valence electrons. The third-order valence-electron chi connectivity index (χ3n) is 1.17. The lowest BCUT2D eigenvalue weighted by Crippen LogP contribution is -2.34. The molecule has 0 aliphatic rings. The van der Waals surface area contributed by atoms with Gasteiger partial charge in [-0.2, -0.15) is 0 Å². The molecule has 0 aromatic rings. The second kappa shape index (κ2) is 8.46. The molecule has 0 amide bonds. The van der Waals surface area contributed by atoms with Gasteiger partial charge in [0.15, 0.2) is 0 Å². The first kappa shape index (κ1) is 17.7. The summed E-state index contributed by atoms with van der Waals surface area (Å²) in [7, 11) is -1.91. The highest BCUT2D eigenvalue weighted by Gasteiger charge is 2.17. The van der Waals surface area contributed by atoms with E-state index < -0.39 is 16.1 Å². The highest BCUT2D eigenvalue weighted by Crippen LogP contribution is 2.05. The monoisotopic (exact) mass is 252 g/mol. The van der Waals surface area contributed by atoms with Crippen LogP contribution in [0, 0.1) is 0 Å². The van der Waals surface area contributed by atoms with Crippen LogP contribution in [0.3, 0.4) is 0 Å². The molecule has 0 unspecified atom stereocenters. The largest absolute Gasteiger partial charge is 0.394 e. The first-order valence-electron chi connectivity index (χ1n) is 5.42. The van der Waals surface area contributed by atoms with Crippen molar-refractivity contribution in [2.45, 2.75) is 39.3 Å². The van der Waals surface area contributed by atoms with Crippen LogP contribution in [0.15, 0.2) is 0 Å². The minimum atomic E-state index is -0.957. The second-order valence-corrected chi connectivity index (χ2v) is 16.9. The summed E-state index contributed by atoms with van der Waals surface area (Å²) in [5.74, 6) is 0. The summed E-state index contributed by atoms with van der Waals surface area (Å²) >= 11 is 0. The average Bonchev–Trinajstić information content (AvgIpc) is 2.00. The van der Waals surface area contributed by atoms with Gasteiger partial charge in [-0.05, 0) is 0 Å². The maximum atomic E-state index is 7.62. The number of aliphatic hydroxyl groups excluding tert-OH is 2. The van der Waals surface area contributed by atoms with Crippen molar-refractivity contribution in [2.75, 3.05) is 25.7 Å². The molecule has 0 aliphatic carbocycles. The van der Waals surface area contributed by atoms with Crippen LogP contribution in [0.25, 0.3) is 0 Å². The number of aliphatic hydroxyl groups is 2. The summed E-state index contributed by atoms with van der Waals surface area (Å²) in [6.07, 6.45) is 2.05. The SMILES string of the molecule is C[Si](C)(C)COC[Si](C)(C)C.OCCO. The second-order valence-electron chi connectivity index (χ2n) is 6.06. The van der Waals surface area contributed by atoms with Crippen molar-refractivity contribution < 1.29 is 14.9 Å². The van der Waals surface area contributed by atoms with Gasteiger partial charge >= 0.3 is 0 Å². The standard InChI is InChI=1S/C8H22OSi2.C2H6O2/c1-10(2,3)7-9-8-11(4,5)6;3-1-2-4/h7-8H2,1-6H3;3-4H,1-2H2. The Hall–Kier alpha value is 0.314. The van der Waals surface area contributed by atoms with Gasteiger partial charge in [0.05, 0.1) is 29.4 Å². The Bertz CT molecular complexity index is 123. The van der Waals surface area contributed by atoms with E-state index in [9.17, 15) is 0 Å². The van der Waals surface area contributed by atoms with Crippen molar-refractivity contribution in [3.8, 4) is 0 Å². The molecule has 0 bridgehead atoms. The zero-order valence-electron chi connectivity index (χ0n) is 11.1. The van der Waals surface area contributed by atoms with Gasteiger partial charge in [0, 0.05) is 12.5 Å². The smallest absolute Gasteiger partial charge is 0.0745 e. The fraction of sp³-hybridized carbons (Fsp3) is 1.00. The predicted molar refractivity (Wildman–Crippen MR) is 71.7 cm³/mol. The van der Waals surface area contributed by atoms with Crippen LogP contribution in [-0.4, -0.2) is 52.0 Å². The molecule has 3 nitrogen and oxygen atoms in total. The zero-order valence-corrected chi connectivity index (χ0v) is 13.1. The lowest BCUT2D eigenvalue weighted by atomic mass is 10.8. The summed E-state index contributed by atoms with van der Waals surface area (Å²) < 4.78 is 5.69. The van der Waals surface area contributed by atoms with E-state index in [2.05, 4.69) is 39.3 Å². The maximum absolute atomic E-state index is 7.62. The molecule has 15 heavy (non-hydrogen) atoms. The molecular formula is C10H28O3Si2. The summed E-state index contributed by atoms with van der Waals surface area (Å²) in [4.78, 5) is 0. The van der Waals surface area contributed by atoms with Crippen LogP contribution in [0.5, 0.6) is 0 Å². The van der Waals surface area contributed by atoms with Crippen LogP contribution >= 0.6 is 0 Å². The molecule has 0 saturated carbocycles. The minimum absolute atomic E-state index is 0.125. The number of rotatable bonds is 5. The van der Waals surface area contributed by atoms with E-state index in [0.29, 0.717) is 0 Å². The molecule has 2 N–H and O–H groups in total. The lowest BCUT2D eigenvalue weighted by Gasteiger charge is -2.20. The molecule has 0 spiro atoms. The topological polar surface area (TPSA) is 49.7 Å². The molecule has 0 aromatic heterocycles. The van der Waals surface area contributed by atoms with Gasteiger partial charge in [-0.15, -0.1) is 0 Å². The van der Waals surface area contributed by atoms with Crippen LogP contribution in [0.4, 0.5) is 0 Å². The Kier molecular flexibility index (Phi) is 9.99. The highest BCUT2D eigenvalue weighted by molar-refractivity contribution is 6.77. The van der Waals surface area contributed by atoms with Crippen molar-refractivity contribution in [3.05, 3.63) is 0 Å². The summed E-state index contributed by atoms with van der Waals surface area (Å²) in [6.45, 7) is 13.8. The summed E-state index contributed by atoms with van der Waals surface area (Å²) in [6, 6.07) is 0. The maximum Gasteiger partial charge on any atom is 0.0745 e. The third kappa shape index (κ3) is 25.0. The molecular weight excluding hydrogens is 224 g/mol. The molecule has 0 atom stereocenters. The number of ether oxygens (including phenoxy) is 1. The molecule has 0 aliphatic heterocycles. The van der Waals surface area contributed by atoms with Crippen LogP contribution < -0.4 is 0 Å². The van der Waals surface area contributed by atoms with Gasteiger partial charge in [-0.25, -0.2) is 0 Å². The molecule has 5 heteroatoms. The zero-order chi connectivity index (χ0) is 12.5. The van der Waals surface area contributed by atoms with Gasteiger partial charge in [0.1, 0.15) is 0 Å². The van der Waals surface area contributed by atoms with Gasteiger partial charge in [-0.1, -0.05) is 39.3 Å². The first-order valence-corrected chi connectivity index (χ1v) is 12.8.